The Labute approximate surface area is 117 Å². The quantitative estimate of drug-likeness (QED) is 0.897. The minimum absolute atomic E-state index is 0.255. The van der Waals surface area contributed by atoms with Crippen LogP contribution in [0.15, 0.2) is 24.4 Å². The number of hydrogen-bond acceptors (Lipinski definition) is 5. The largest absolute Gasteiger partial charge is 0.351 e. The molecule has 0 atom stereocenters. The maximum absolute atomic E-state index is 6.08. The lowest BCUT2D eigenvalue weighted by molar-refractivity contribution is 0.852. The molecule has 2 N–H and O–H groups in total. The second-order valence-electron chi connectivity index (χ2n) is 4.50. The van der Waals surface area contributed by atoms with Crippen molar-refractivity contribution < 1.29 is 0 Å². The molecular weight excluding hydrogens is 262 g/mol. The molecule has 19 heavy (non-hydrogen) atoms. The maximum atomic E-state index is 6.08. The van der Waals surface area contributed by atoms with E-state index in [2.05, 4.69) is 25.8 Å². The molecule has 2 rings (SSSR count). The van der Waals surface area contributed by atoms with Gasteiger partial charge in [-0.1, -0.05) is 17.7 Å². The van der Waals surface area contributed by atoms with E-state index in [1.54, 1.807) is 6.20 Å². The molecule has 1 aromatic heterocycles. The number of hydrogen-bond donors (Lipinski definition) is 2. The lowest BCUT2D eigenvalue weighted by Gasteiger charge is -2.11. The first-order valence-electron chi connectivity index (χ1n) is 6.04. The SMILES string of the molecule is Cc1c(Cl)cccc1Nc1cnnc(NC(C)C)n1. The van der Waals surface area contributed by atoms with Crippen molar-refractivity contribution in [2.45, 2.75) is 26.8 Å². The summed E-state index contributed by atoms with van der Waals surface area (Å²) in [7, 11) is 0. The summed E-state index contributed by atoms with van der Waals surface area (Å²) in [5, 5.41) is 14.8. The first-order chi connectivity index (χ1) is 9.06. The van der Waals surface area contributed by atoms with Gasteiger partial charge in [0.15, 0.2) is 5.82 Å². The van der Waals surface area contributed by atoms with Crippen LogP contribution in [0.25, 0.3) is 0 Å². The summed E-state index contributed by atoms with van der Waals surface area (Å²) in [6.45, 7) is 5.99. The third kappa shape index (κ3) is 3.54. The number of rotatable bonds is 4. The Kier molecular flexibility index (Phi) is 4.16. The van der Waals surface area contributed by atoms with Crippen molar-refractivity contribution in [1.82, 2.24) is 15.2 Å². The van der Waals surface area contributed by atoms with Gasteiger partial charge in [0.2, 0.25) is 5.95 Å². The number of halogens is 1. The van der Waals surface area contributed by atoms with Crippen LogP contribution >= 0.6 is 11.6 Å². The molecule has 0 aliphatic rings. The molecule has 0 saturated heterocycles. The Balaban J connectivity index is 2.21. The van der Waals surface area contributed by atoms with Crippen molar-refractivity contribution in [2.24, 2.45) is 0 Å². The molecule has 0 spiro atoms. The Morgan fingerprint density at radius 1 is 1.26 bits per heavy atom. The Bertz CT molecular complexity index is 571. The lowest BCUT2D eigenvalue weighted by atomic mass is 10.2. The van der Waals surface area contributed by atoms with Crippen LogP contribution in [0.2, 0.25) is 5.02 Å². The predicted octanol–water partition coefficient (Wildman–Crippen LogP) is 3.40. The average molecular weight is 278 g/mol. The van der Waals surface area contributed by atoms with E-state index in [0.29, 0.717) is 16.8 Å². The van der Waals surface area contributed by atoms with Gasteiger partial charge in [0.1, 0.15) is 0 Å². The van der Waals surface area contributed by atoms with Crippen molar-refractivity contribution >= 4 is 29.1 Å². The normalized spacial score (nSPS) is 10.6. The van der Waals surface area contributed by atoms with Gasteiger partial charge in [-0.05, 0) is 38.5 Å². The Hall–Kier alpha value is -1.88. The van der Waals surface area contributed by atoms with E-state index in [-0.39, 0.29) is 6.04 Å². The van der Waals surface area contributed by atoms with Crippen LogP contribution in [-0.4, -0.2) is 21.2 Å². The van der Waals surface area contributed by atoms with Crippen molar-refractivity contribution in [3.05, 3.63) is 35.0 Å². The molecule has 1 heterocycles. The molecule has 0 aliphatic carbocycles. The molecule has 100 valence electrons. The summed E-state index contributed by atoms with van der Waals surface area (Å²) < 4.78 is 0. The molecule has 1 aromatic carbocycles. The van der Waals surface area contributed by atoms with Crippen LogP contribution in [0.5, 0.6) is 0 Å². The minimum atomic E-state index is 0.255. The standard InChI is InChI=1S/C13H16ClN5/c1-8(2)16-13-18-12(7-15-19-13)17-11-6-4-5-10(14)9(11)3/h4-8H,1-3H3,(H2,16,17,18,19). The molecule has 0 bridgehead atoms. The van der Waals surface area contributed by atoms with E-state index >= 15 is 0 Å². The van der Waals surface area contributed by atoms with E-state index in [1.165, 1.54) is 0 Å². The zero-order valence-electron chi connectivity index (χ0n) is 11.1. The molecule has 0 saturated carbocycles. The maximum Gasteiger partial charge on any atom is 0.244 e. The zero-order valence-corrected chi connectivity index (χ0v) is 11.9. The highest BCUT2D eigenvalue weighted by atomic mass is 35.5. The highest BCUT2D eigenvalue weighted by Gasteiger charge is 2.05. The van der Waals surface area contributed by atoms with E-state index in [0.717, 1.165) is 11.3 Å². The Morgan fingerprint density at radius 3 is 2.79 bits per heavy atom. The van der Waals surface area contributed by atoms with Crippen molar-refractivity contribution in [3.8, 4) is 0 Å². The number of anilines is 3. The van der Waals surface area contributed by atoms with Gasteiger partial charge in [0.05, 0.1) is 6.20 Å². The summed E-state index contributed by atoms with van der Waals surface area (Å²) in [5.74, 6) is 1.13. The monoisotopic (exact) mass is 277 g/mol. The summed E-state index contributed by atoms with van der Waals surface area (Å²) in [6, 6.07) is 5.94. The van der Waals surface area contributed by atoms with Crippen molar-refractivity contribution in [2.75, 3.05) is 10.6 Å². The molecule has 5 nitrogen and oxygen atoms in total. The number of aromatic nitrogens is 3. The fourth-order valence-electron chi connectivity index (χ4n) is 1.56. The van der Waals surface area contributed by atoms with Crippen LogP contribution in [0.3, 0.4) is 0 Å². The summed E-state index contributed by atoms with van der Waals surface area (Å²) in [6.07, 6.45) is 1.58. The van der Waals surface area contributed by atoms with Crippen LogP contribution in [0.1, 0.15) is 19.4 Å². The molecule has 0 unspecified atom stereocenters. The van der Waals surface area contributed by atoms with E-state index in [9.17, 15) is 0 Å². The second-order valence-corrected chi connectivity index (χ2v) is 4.91. The topological polar surface area (TPSA) is 62.7 Å². The third-order valence-corrected chi connectivity index (χ3v) is 2.92. The molecule has 6 heteroatoms. The first kappa shape index (κ1) is 13.5. The fourth-order valence-corrected chi connectivity index (χ4v) is 1.74. The lowest BCUT2D eigenvalue weighted by Crippen LogP contribution is -2.13. The fraction of sp³-hybridized carbons (Fsp3) is 0.308. The van der Waals surface area contributed by atoms with Crippen LogP contribution < -0.4 is 10.6 Å². The van der Waals surface area contributed by atoms with Gasteiger partial charge in [0.25, 0.3) is 0 Å². The summed E-state index contributed by atoms with van der Waals surface area (Å²) in [5.41, 5.74) is 1.88. The minimum Gasteiger partial charge on any atom is -0.351 e. The average Bonchev–Trinajstić information content (AvgIpc) is 2.35. The van der Waals surface area contributed by atoms with Gasteiger partial charge in [0, 0.05) is 16.8 Å². The van der Waals surface area contributed by atoms with Gasteiger partial charge >= 0.3 is 0 Å². The molecule has 0 aliphatic heterocycles. The zero-order chi connectivity index (χ0) is 13.8. The van der Waals surface area contributed by atoms with Crippen molar-refractivity contribution in [3.63, 3.8) is 0 Å². The molecule has 0 fully saturated rings. The highest BCUT2D eigenvalue weighted by Crippen LogP contribution is 2.25. The van der Waals surface area contributed by atoms with Gasteiger partial charge in [-0.15, -0.1) is 5.10 Å². The van der Waals surface area contributed by atoms with E-state index in [4.69, 9.17) is 11.6 Å². The molecule has 2 aromatic rings. The number of benzene rings is 1. The van der Waals surface area contributed by atoms with Crippen LogP contribution in [0.4, 0.5) is 17.5 Å². The van der Waals surface area contributed by atoms with Gasteiger partial charge in [-0.2, -0.15) is 10.1 Å². The van der Waals surface area contributed by atoms with Crippen molar-refractivity contribution in [1.29, 1.82) is 0 Å². The number of nitrogens with zero attached hydrogens (tertiary/aromatic N) is 3. The van der Waals surface area contributed by atoms with Gasteiger partial charge < -0.3 is 10.6 Å². The Morgan fingerprint density at radius 2 is 2.05 bits per heavy atom. The van der Waals surface area contributed by atoms with E-state index < -0.39 is 0 Å². The van der Waals surface area contributed by atoms with E-state index in [1.807, 2.05) is 39.0 Å². The number of nitrogens with one attached hydrogen (secondary N) is 2. The molecular formula is C13H16ClN5. The third-order valence-electron chi connectivity index (χ3n) is 2.51. The predicted molar refractivity (Wildman–Crippen MR) is 78.1 cm³/mol. The van der Waals surface area contributed by atoms with Gasteiger partial charge in [-0.3, -0.25) is 0 Å². The highest BCUT2D eigenvalue weighted by molar-refractivity contribution is 6.31. The molecule has 0 amide bonds. The summed E-state index contributed by atoms with van der Waals surface area (Å²) in [4.78, 5) is 4.34. The second kappa shape index (κ2) is 5.84. The summed E-state index contributed by atoms with van der Waals surface area (Å²) >= 11 is 6.08. The smallest absolute Gasteiger partial charge is 0.244 e. The first-order valence-corrected chi connectivity index (χ1v) is 6.42. The van der Waals surface area contributed by atoms with Gasteiger partial charge in [-0.25, -0.2) is 0 Å². The van der Waals surface area contributed by atoms with Crippen LogP contribution in [-0.2, 0) is 0 Å². The molecule has 0 radical (unpaired) electrons. The van der Waals surface area contributed by atoms with Crippen LogP contribution in [0, 0.1) is 6.92 Å².